The molecule has 0 spiro atoms. The molecule has 0 radical (unpaired) electrons. The minimum atomic E-state index is -1.62. The second-order valence-corrected chi connectivity index (χ2v) is 13.2. The van der Waals surface area contributed by atoms with Crippen LogP contribution in [0, 0.1) is 0 Å². The quantitative estimate of drug-likeness (QED) is 0.459. The number of guanidine groups is 2. The molecular formula is C21H35N5Si. The largest absolute Gasteiger partial charge is 0.342 e. The molecule has 2 aliphatic rings. The number of nitrogens with zero attached hydrogens (tertiary/aromatic N) is 4. The molecular weight excluding hydrogens is 350 g/mol. The Labute approximate surface area is 165 Å². The van der Waals surface area contributed by atoms with Crippen LogP contribution in [0.3, 0.4) is 0 Å². The summed E-state index contributed by atoms with van der Waals surface area (Å²) in [5.74, 6) is 1.90. The molecule has 2 fully saturated rings. The van der Waals surface area contributed by atoms with Crippen LogP contribution in [0.15, 0.2) is 40.0 Å². The van der Waals surface area contributed by atoms with Crippen molar-refractivity contribution >= 4 is 25.8 Å². The minimum Gasteiger partial charge on any atom is -0.342 e. The van der Waals surface area contributed by atoms with Gasteiger partial charge in [0.1, 0.15) is 0 Å². The van der Waals surface area contributed by atoms with Crippen molar-refractivity contribution in [3.63, 3.8) is 0 Å². The van der Waals surface area contributed by atoms with Crippen LogP contribution in [0.2, 0.25) is 19.6 Å². The number of hydrogen-bond donors (Lipinski definition) is 1. The maximum absolute atomic E-state index is 5.15. The van der Waals surface area contributed by atoms with Crippen molar-refractivity contribution in [1.29, 1.82) is 0 Å². The average Bonchev–Trinajstić information content (AvgIpc) is 2.68. The third kappa shape index (κ3) is 6.38. The third-order valence-corrected chi connectivity index (χ3v) is 5.84. The van der Waals surface area contributed by atoms with Crippen LogP contribution >= 0.6 is 0 Å². The van der Waals surface area contributed by atoms with Gasteiger partial charge in [-0.3, -0.25) is 4.66 Å². The summed E-state index contributed by atoms with van der Waals surface area (Å²) in [6.07, 6.45) is 7.59. The molecule has 5 nitrogen and oxygen atoms in total. The highest BCUT2D eigenvalue weighted by Crippen LogP contribution is 2.16. The van der Waals surface area contributed by atoms with E-state index < -0.39 is 8.24 Å². The average molecular weight is 386 g/mol. The van der Waals surface area contributed by atoms with E-state index in [1.54, 1.807) is 0 Å². The second-order valence-electron chi connectivity index (χ2n) is 8.60. The number of nitrogens with one attached hydrogen (secondary N) is 1. The van der Waals surface area contributed by atoms with Gasteiger partial charge >= 0.3 is 0 Å². The zero-order chi connectivity index (χ0) is 19.1. The molecule has 0 saturated carbocycles. The first kappa shape index (κ1) is 19.9. The molecule has 0 atom stereocenters. The van der Waals surface area contributed by atoms with Crippen molar-refractivity contribution in [2.45, 2.75) is 58.2 Å². The van der Waals surface area contributed by atoms with Gasteiger partial charge in [0.2, 0.25) is 11.9 Å². The van der Waals surface area contributed by atoms with Crippen LogP contribution in [0.4, 0.5) is 5.69 Å². The lowest BCUT2D eigenvalue weighted by Crippen LogP contribution is -2.43. The Morgan fingerprint density at radius 2 is 1.37 bits per heavy atom. The van der Waals surface area contributed by atoms with Crippen LogP contribution in [-0.2, 0) is 0 Å². The van der Waals surface area contributed by atoms with Crippen LogP contribution in [0.25, 0.3) is 0 Å². The zero-order valence-electron chi connectivity index (χ0n) is 17.2. The van der Waals surface area contributed by atoms with Crippen molar-refractivity contribution in [2.24, 2.45) is 9.65 Å². The fraction of sp³-hybridized carbons (Fsp3) is 0.619. The lowest BCUT2D eigenvalue weighted by molar-refractivity contribution is 0.332. The van der Waals surface area contributed by atoms with Crippen molar-refractivity contribution in [2.75, 3.05) is 31.5 Å². The number of piperidine rings is 2. The summed E-state index contributed by atoms with van der Waals surface area (Å²) in [6, 6.07) is 10.4. The Bertz CT molecular complexity index is 638. The van der Waals surface area contributed by atoms with E-state index >= 15 is 0 Å². The number of hydrogen-bond acceptors (Lipinski definition) is 1. The van der Waals surface area contributed by atoms with Crippen molar-refractivity contribution in [3.8, 4) is 0 Å². The van der Waals surface area contributed by atoms with Crippen molar-refractivity contribution in [1.82, 2.24) is 9.80 Å². The molecule has 2 saturated heterocycles. The van der Waals surface area contributed by atoms with E-state index in [-0.39, 0.29) is 0 Å². The molecule has 1 aromatic carbocycles. The van der Waals surface area contributed by atoms with E-state index in [4.69, 9.17) is 9.65 Å². The van der Waals surface area contributed by atoms with Crippen LogP contribution in [0.5, 0.6) is 0 Å². The minimum absolute atomic E-state index is 0.942. The summed E-state index contributed by atoms with van der Waals surface area (Å²) in [5.41, 5.74) is 1.09. The normalized spacial score (nSPS) is 20.0. The highest BCUT2D eigenvalue weighted by molar-refractivity contribution is 6.75. The molecule has 6 heteroatoms. The molecule has 148 valence electrons. The van der Waals surface area contributed by atoms with Crippen LogP contribution in [0.1, 0.15) is 38.5 Å². The van der Waals surface area contributed by atoms with Gasteiger partial charge in [0, 0.05) is 31.9 Å². The summed E-state index contributed by atoms with van der Waals surface area (Å²) >= 11 is 0. The van der Waals surface area contributed by atoms with Gasteiger partial charge in [0.25, 0.3) is 0 Å². The number of anilines is 1. The molecule has 3 rings (SSSR count). The monoisotopic (exact) mass is 385 g/mol. The maximum atomic E-state index is 5.15. The fourth-order valence-corrected chi connectivity index (χ4v) is 4.38. The predicted molar refractivity (Wildman–Crippen MR) is 119 cm³/mol. The van der Waals surface area contributed by atoms with Gasteiger partial charge in [0.05, 0.1) is 0 Å². The Balaban J connectivity index is 1.92. The fourth-order valence-electron chi connectivity index (χ4n) is 3.59. The molecule has 2 heterocycles. The smallest absolute Gasteiger partial charge is 0.214 e. The molecule has 1 aromatic rings. The standard InChI is InChI=1S/C21H35N5Si/c1-27(2,3)24-21(26-17-11-6-12-18-26)23-20(25-15-9-5-10-16-25)22-19-13-7-4-8-14-19/h4,7-8,13-14H,5-6,9-12,15-18H2,1-3H3,(H,22,23,24). The summed E-state index contributed by atoms with van der Waals surface area (Å²) in [5, 5.41) is 3.59. The summed E-state index contributed by atoms with van der Waals surface area (Å²) in [7, 11) is -1.62. The molecule has 0 bridgehead atoms. The summed E-state index contributed by atoms with van der Waals surface area (Å²) in [4.78, 5) is 9.95. The summed E-state index contributed by atoms with van der Waals surface area (Å²) < 4.78 is 5.14. The molecule has 0 amide bonds. The SMILES string of the molecule is C[Si](C)(C)/N=C(\N=C(/Nc1ccccc1)N1CCCCC1)N1CCCCC1. The Hall–Kier alpha value is -1.82. The van der Waals surface area contributed by atoms with Gasteiger partial charge in [-0.2, -0.15) is 4.99 Å². The third-order valence-electron chi connectivity index (χ3n) is 4.97. The molecule has 0 aliphatic carbocycles. The molecule has 0 unspecified atom stereocenters. The number of para-hydroxylation sites is 1. The van der Waals surface area contributed by atoms with E-state index in [2.05, 4.69) is 65.1 Å². The van der Waals surface area contributed by atoms with E-state index in [0.29, 0.717) is 0 Å². The van der Waals surface area contributed by atoms with Crippen LogP contribution in [-0.4, -0.2) is 56.1 Å². The van der Waals surface area contributed by atoms with E-state index in [0.717, 1.165) is 43.8 Å². The molecule has 27 heavy (non-hydrogen) atoms. The lowest BCUT2D eigenvalue weighted by atomic mass is 10.1. The first-order valence-corrected chi connectivity index (χ1v) is 14.0. The van der Waals surface area contributed by atoms with Gasteiger partial charge in [0.15, 0.2) is 8.24 Å². The molecule has 2 aliphatic heterocycles. The topological polar surface area (TPSA) is 43.2 Å². The number of likely N-dealkylation sites (tertiary alicyclic amines) is 2. The van der Waals surface area contributed by atoms with E-state index in [1.807, 2.05) is 0 Å². The van der Waals surface area contributed by atoms with Gasteiger partial charge in [-0.05, 0) is 70.3 Å². The van der Waals surface area contributed by atoms with Crippen molar-refractivity contribution in [3.05, 3.63) is 30.3 Å². The molecule has 0 aromatic heterocycles. The number of rotatable bonds is 2. The van der Waals surface area contributed by atoms with Gasteiger partial charge < -0.3 is 15.1 Å². The summed E-state index contributed by atoms with van der Waals surface area (Å²) in [6.45, 7) is 11.2. The van der Waals surface area contributed by atoms with Gasteiger partial charge in [-0.1, -0.05) is 18.2 Å². The Morgan fingerprint density at radius 1 is 0.815 bits per heavy atom. The maximum Gasteiger partial charge on any atom is 0.214 e. The zero-order valence-corrected chi connectivity index (χ0v) is 18.2. The Kier molecular flexibility index (Phi) is 6.93. The first-order valence-electron chi connectivity index (χ1n) is 10.5. The second kappa shape index (κ2) is 9.40. The highest BCUT2D eigenvalue weighted by atomic mass is 28.3. The van der Waals surface area contributed by atoms with Crippen LogP contribution < -0.4 is 5.32 Å². The van der Waals surface area contributed by atoms with E-state index in [1.165, 1.54) is 38.5 Å². The molecule has 1 N–H and O–H groups in total. The van der Waals surface area contributed by atoms with Crippen molar-refractivity contribution < 1.29 is 0 Å². The first-order chi connectivity index (χ1) is 13.0. The predicted octanol–water partition coefficient (Wildman–Crippen LogP) is 4.62. The van der Waals surface area contributed by atoms with Gasteiger partial charge in [-0.15, -0.1) is 0 Å². The number of aliphatic imine (C=N–C) groups is 1. The van der Waals surface area contributed by atoms with Gasteiger partial charge in [-0.25, -0.2) is 0 Å². The van der Waals surface area contributed by atoms with E-state index in [9.17, 15) is 0 Å². The number of benzene rings is 1. The lowest BCUT2D eigenvalue weighted by Gasteiger charge is -2.33. The highest BCUT2D eigenvalue weighted by Gasteiger charge is 2.22. The Morgan fingerprint density at radius 3 is 1.93 bits per heavy atom.